The van der Waals surface area contributed by atoms with E-state index >= 15 is 0 Å². The Morgan fingerprint density at radius 3 is 2.75 bits per heavy atom. The van der Waals surface area contributed by atoms with Crippen LogP contribution in [0.15, 0.2) is 42.5 Å². The van der Waals surface area contributed by atoms with Gasteiger partial charge in [-0.05, 0) is 41.5 Å². The smallest absolute Gasteiger partial charge is 0.338 e. The minimum absolute atomic E-state index is 0.240. The quantitative estimate of drug-likeness (QED) is 0.389. The Balaban J connectivity index is 1.70. The van der Waals surface area contributed by atoms with Gasteiger partial charge in [-0.15, -0.1) is 0 Å². The summed E-state index contributed by atoms with van der Waals surface area (Å²) in [7, 11) is 0. The van der Waals surface area contributed by atoms with Crippen LogP contribution in [0.4, 0.5) is 0 Å². The van der Waals surface area contributed by atoms with Gasteiger partial charge in [-0.3, -0.25) is 0 Å². The second kappa shape index (κ2) is 6.45. The van der Waals surface area contributed by atoms with Gasteiger partial charge in [0.2, 0.25) is 0 Å². The molecule has 1 aliphatic rings. The molecule has 6 nitrogen and oxygen atoms in total. The Hall–Kier alpha value is -3.28. The number of carbonyl (C=O) groups excluding carboxylic acids is 2. The summed E-state index contributed by atoms with van der Waals surface area (Å²) in [4.78, 5) is 23.5. The lowest BCUT2D eigenvalue weighted by molar-refractivity contribution is -0.128. The predicted octanol–water partition coefficient (Wildman–Crippen LogP) is 2.43. The molecule has 6 heteroatoms. The average Bonchev–Trinajstić information content (AvgIpc) is 2.57. The molecule has 0 radical (unpaired) electrons. The largest absolute Gasteiger partial charge is 0.504 e. The number of phenolic OH excluding ortho intramolecular Hbond substituents is 2. The number of hydrogen-bond acceptors (Lipinski definition) is 6. The summed E-state index contributed by atoms with van der Waals surface area (Å²) in [6.45, 7) is 0.354. The monoisotopic (exact) mass is 326 g/mol. The highest BCUT2D eigenvalue weighted by molar-refractivity contribution is 5.93. The molecule has 0 saturated carbocycles. The molecule has 1 aliphatic heterocycles. The average molecular weight is 326 g/mol. The molecule has 0 fully saturated rings. The summed E-state index contributed by atoms with van der Waals surface area (Å²) in [6, 6.07) is 9.00. The van der Waals surface area contributed by atoms with Gasteiger partial charge in [0.1, 0.15) is 5.75 Å². The van der Waals surface area contributed by atoms with Crippen LogP contribution >= 0.6 is 0 Å². The topological polar surface area (TPSA) is 93.1 Å². The maximum absolute atomic E-state index is 11.9. The summed E-state index contributed by atoms with van der Waals surface area (Å²) in [5, 5.41) is 18.6. The molecular formula is C18H14O6. The number of ether oxygens (including phenoxy) is 2. The Bertz CT molecular complexity index is 837. The van der Waals surface area contributed by atoms with E-state index in [1.807, 2.05) is 0 Å². The first-order valence-electron chi connectivity index (χ1n) is 7.25. The van der Waals surface area contributed by atoms with E-state index < -0.39 is 11.9 Å². The molecule has 0 bridgehead atoms. The van der Waals surface area contributed by atoms with E-state index in [1.54, 1.807) is 12.1 Å². The van der Waals surface area contributed by atoms with E-state index in [0.717, 1.165) is 5.56 Å². The van der Waals surface area contributed by atoms with Gasteiger partial charge in [0, 0.05) is 12.5 Å². The third-order valence-corrected chi connectivity index (χ3v) is 3.54. The summed E-state index contributed by atoms with van der Waals surface area (Å²) in [5.74, 6) is -1.33. The van der Waals surface area contributed by atoms with Crippen LogP contribution in [-0.4, -0.2) is 28.8 Å². The Morgan fingerprint density at radius 2 is 1.96 bits per heavy atom. The fraction of sp³-hybridized carbons (Fsp3) is 0.111. The van der Waals surface area contributed by atoms with E-state index in [2.05, 4.69) is 0 Å². The summed E-state index contributed by atoms with van der Waals surface area (Å²) < 4.78 is 10.1. The van der Waals surface area contributed by atoms with Crippen LogP contribution in [0.3, 0.4) is 0 Å². The molecule has 0 aromatic heterocycles. The maximum atomic E-state index is 11.9. The second-order valence-corrected chi connectivity index (χ2v) is 5.21. The van der Waals surface area contributed by atoms with Gasteiger partial charge in [0.05, 0.1) is 12.2 Å². The molecule has 3 rings (SSSR count). The Morgan fingerprint density at radius 1 is 1.12 bits per heavy atom. The molecule has 24 heavy (non-hydrogen) atoms. The van der Waals surface area contributed by atoms with Crippen LogP contribution in [0.2, 0.25) is 0 Å². The van der Waals surface area contributed by atoms with Crippen molar-refractivity contribution in [2.75, 3.05) is 6.61 Å². The fourth-order valence-corrected chi connectivity index (χ4v) is 2.32. The molecule has 0 atom stereocenters. The zero-order chi connectivity index (χ0) is 17.1. The van der Waals surface area contributed by atoms with E-state index in [-0.39, 0.29) is 17.2 Å². The first kappa shape index (κ1) is 15.6. The highest BCUT2D eigenvalue weighted by Crippen LogP contribution is 2.25. The van der Waals surface area contributed by atoms with Gasteiger partial charge in [-0.25, -0.2) is 9.59 Å². The van der Waals surface area contributed by atoms with Gasteiger partial charge in [0.25, 0.3) is 0 Å². The van der Waals surface area contributed by atoms with Gasteiger partial charge >= 0.3 is 11.9 Å². The summed E-state index contributed by atoms with van der Waals surface area (Å²) in [5.41, 5.74) is 1.79. The van der Waals surface area contributed by atoms with Crippen LogP contribution in [-0.2, 0) is 16.0 Å². The first-order chi connectivity index (χ1) is 11.5. The van der Waals surface area contributed by atoms with E-state index in [1.165, 1.54) is 36.4 Å². The predicted molar refractivity (Wildman–Crippen MR) is 84.9 cm³/mol. The first-order valence-corrected chi connectivity index (χ1v) is 7.25. The third-order valence-electron chi connectivity index (χ3n) is 3.54. The van der Waals surface area contributed by atoms with Gasteiger partial charge in [-0.2, -0.15) is 0 Å². The minimum atomic E-state index is -0.633. The Kier molecular flexibility index (Phi) is 4.20. The molecule has 2 N–H and O–H groups in total. The number of cyclic esters (lactones) is 1. The zero-order valence-corrected chi connectivity index (χ0v) is 12.6. The number of carbonyl (C=O) groups is 2. The molecule has 0 aliphatic carbocycles. The number of benzene rings is 2. The highest BCUT2D eigenvalue weighted by Gasteiger charge is 2.19. The molecule has 2 aromatic rings. The number of hydrogen-bond donors (Lipinski definition) is 2. The Labute approximate surface area is 137 Å². The zero-order valence-electron chi connectivity index (χ0n) is 12.6. The van der Waals surface area contributed by atoms with Crippen LogP contribution in [0.1, 0.15) is 21.5 Å². The van der Waals surface area contributed by atoms with E-state index in [9.17, 15) is 19.8 Å². The lowest BCUT2D eigenvalue weighted by Crippen LogP contribution is -2.17. The normalized spacial score (nSPS) is 13.4. The number of rotatable bonds is 3. The standard InChI is InChI=1S/C18H14O6/c19-15-5-1-11(9-16(15)20)2-6-17(21)24-13-4-3-12-7-8-23-18(22)14(12)10-13/h1-6,9-10,19-20H,7-8H2/b6-2+. The number of phenols is 2. The van der Waals surface area contributed by atoms with Crippen LogP contribution < -0.4 is 4.74 Å². The molecule has 0 amide bonds. The van der Waals surface area contributed by atoms with Crippen molar-refractivity contribution in [3.63, 3.8) is 0 Å². The van der Waals surface area contributed by atoms with Gasteiger partial charge < -0.3 is 19.7 Å². The second-order valence-electron chi connectivity index (χ2n) is 5.21. The van der Waals surface area contributed by atoms with E-state index in [0.29, 0.717) is 24.2 Å². The number of esters is 2. The van der Waals surface area contributed by atoms with E-state index in [4.69, 9.17) is 9.47 Å². The molecule has 0 saturated heterocycles. The van der Waals surface area contributed by atoms with Crippen LogP contribution in [0.25, 0.3) is 6.08 Å². The van der Waals surface area contributed by atoms with Crippen molar-refractivity contribution >= 4 is 18.0 Å². The number of aromatic hydroxyl groups is 2. The minimum Gasteiger partial charge on any atom is -0.504 e. The van der Waals surface area contributed by atoms with Crippen molar-refractivity contribution in [2.45, 2.75) is 6.42 Å². The van der Waals surface area contributed by atoms with Gasteiger partial charge in [-0.1, -0.05) is 12.1 Å². The summed E-state index contributed by atoms with van der Waals surface area (Å²) in [6.07, 6.45) is 3.26. The lowest BCUT2D eigenvalue weighted by Gasteiger charge is -2.15. The SMILES string of the molecule is O=C(/C=C/c1ccc(O)c(O)c1)Oc1ccc2c(c1)C(=O)OCC2. The molecule has 0 unspecified atom stereocenters. The molecule has 1 heterocycles. The van der Waals surface area contributed by atoms with Crippen molar-refractivity contribution in [1.29, 1.82) is 0 Å². The van der Waals surface area contributed by atoms with Gasteiger partial charge in [0.15, 0.2) is 11.5 Å². The molecule has 122 valence electrons. The highest BCUT2D eigenvalue weighted by atomic mass is 16.5. The molecular weight excluding hydrogens is 312 g/mol. The molecule has 2 aromatic carbocycles. The summed E-state index contributed by atoms with van der Waals surface area (Å²) >= 11 is 0. The van der Waals surface area contributed by atoms with Crippen molar-refractivity contribution < 1.29 is 29.3 Å². The van der Waals surface area contributed by atoms with Crippen molar-refractivity contribution in [3.05, 3.63) is 59.2 Å². The molecule has 0 spiro atoms. The van der Waals surface area contributed by atoms with Crippen LogP contribution in [0.5, 0.6) is 17.2 Å². The third kappa shape index (κ3) is 3.38. The fourth-order valence-electron chi connectivity index (χ4n) is 2.32. The lowest BCUT2D eigenvalue weighted by atomic mass is 10.0. The number of fused-ring (bicyclic) bond motifs is 1. The maximum Gasteiger partial charge on any atom is 0.338 e. The van der Waals surface area contributed by atoms with Crippen molar-refractivity contribution in [1.82, 2.24) is 0 Å². The van der Waals surface area contributed by atoms with Crippen LogP contribution in [0, 0.1) is 0 Å². The van der Waals surface area contributed by atoms with Crippen molar-refractivity contribution in [2.24, 2.45) is 0 Å². The van der Waals surface area contributed by atoms with Crippen molar-refractivity contribution in [3.8, 4) is 17.2 Å².